The Morgan fingerprint density at radius 1 is 1.29 bits per heavy atom. The number of rotatable bonds is 4. The summed E-state index contributed by atoms with van der Waals surface area (Å²) >= 11 is 1.66. The average molecular weight is 248 g/mol. The maximum absolute atomic E-state index is 9.85. The number of aryl methyl sites for hydroxylation is 2. The van der Waals surface area contributed by atoms with Gasteiger partial charge in [0, 0.05) is 24.0 Å². The molecule has 0 spiro atoms. The Kier molecular flexibility index (Phi) is 3.76. The molecular weight excluding hydrogens is 232 g/mol. The third-order valence-corrected chi connectivity index (χ3v) is 3.43. The van der Waals surface area contributed by atoms with Crippen LogP contribution in [-0.4, -0.2) is 10.1 Å². The van der Waals surface area contributed by atoms with E-state index in [4.69, 9.17) is 0 Å². The minimum absolute atomic E-state index is 0.384. The number of nitrogens with zero attached hydrogens (tertiary/aromatic N) is 1. The van der Waals surface area contributed by atoms with Crippen molar-refractivity contribution >= 4 is 11.3 Å². The molecule has 4 heteroatoms. The Labute approximate surface area is 105 Å². The summed E-state index contributed by atoms with van der Waals surface area (Å²) in [4.78, 5) is 4.38. The number of phenolic OH excluding ortho intramolecular Hbond substituents is 1. The van der Waals surface area contributed by atoms with Crippen LogP contribution < -0.4 is 5.32 Å². The predicted octanol–water partition coefficient (Wildman–Crippen LogP) is 2.76. The molecule has 90 valence electrons. The van der Waals surface area contributed by atoms with Crippen molar-refractivity contribution in [2.75, 3.05) is 0 Å². The van der Waals surface area contributed by atoms with E-state index in [1.165, 1.54) is 0 Å². The highest BCUT2D eigenvalue weighted by Gasteiger charge is 2.03. The molecule has 1 aromatic heterocycles. The molecule has 0 amide bonds. The van der Waals surface area contributed by atoms with Crippen molar-refractivity contribution in [3.8, 4) is 5.75 Å². The van der Waals surface area contributed by atoms with E-state index >= 15 is 0 Å². The van der Waals surface area contributed by atoms with Crippen molar-refractivity contribution in [2.24, 2.45) is 0 Å². The van der Waals surface area contributed by atoms with Gasteiger partial charge in [-0.15, -0.1) is 11.3 Å². The number of benzene rings is 1. The lowest BCUT2D eigenvalue weighted by atomic mass is 10.1. The topological polar surface area (TPSA) is 45.2 Å². The molecular formula is C13H16N2OS. The largest absolute Gasteiger partial charge is 0.507 e. The van der Waals surface area contributed by atoms with E-state index in [9.17, 15) is 5.11 Å². The van der Waals surface area contributed by atoms with Gasteiger partial charge in [-0.25, -0.2) is 4.98 Å². The van der Waals surface area contributed by atoms with Gasteiger partial charge in [0.25, 0.3) is 0 Å². The van der Waals surface area contributed by atoms with Crippen LogP contribution in [0, 0.1) is 13.8 Å². The summed E-state index contributed by atoms with van der Waals surface area (Å²) in [6, 6.07) is 5.79. The van der Waals surface area contributed by atoms with E-state index in [-0.39, 0.29) is 0 Å². The molecule has 2 N–H and O–H groups in total. The van der Waals surface area contributed by atoms with Gasteiger partial charge in [-0.1, -0.05) is 18.2 Å². The van der Waals surface area contributed by atoms with E-state index in [1.54, 1.807) is 11.3 Å². The van der Waals surface area contributed by atoms with Gasteiger partial charge in [-0.05, 0) is 19.4 Å². The Bertz CT molecular complexity index is 508. The van der Waals surface area contributed by atoms with Gasteiger partial charge in [0.1, 0.15) is 5.75 Å². The molecule has 1 heterocycles. The number of aromatic hydroxyl groups is 1. The van der Waals surface area contributed by atoms with Crippen molar-refractivity contribution < 1.29 is 5.11 Å². The molecule has 2 rings (SSSR count). The first-order chi connectivity index (χ1) is 8.16. The maximum Gasteiger partial charge on any atom is 0.122 e. The standard InChI is InChI=1S/C13H16N2OS/c1-9-4-3-5-11(13(9)16)6-14-7-12-8-17-10(2)15-12/h3-5,8,14,16H,6-7H2,1-2H3. The first-order valence-electron chi connectivity index (χ1n) is 5.56. The quantitative estimate of drug-likeness (QED) is 0.874. The summed E-state index contributed by atoms with van der Waals surface area (Å²) in [5.41, 5.74) is 2.89. The maximum atomic E-state index is 9.85. The number of nitrogens with one attached hydrogen (secondary N) is 1. The van der Waals surface area contributed by atoms with Gasteiger partial charge in [-0.2, -0.15) is 0 Å². The second kappa shape index (κ2) is 5.29. The smallest absolute Gasteiger partial charge is 0.122 e. The molecule has 0 unspecified atom stereocenters. The molecule has 3 nitrogen and oxygen atoms in total. The van der Waals surface area contributed by atoms with Crippen molar-refractivity contribution in [2.45, 2.75) is 26.9 Å². The zero-order valence-electron chi connectivity index (χ0n) is 10.0. The molecule has 0 aliphatic carbocycles. The van der Waals surface area contributed by atoms with Crippen molar-refractivity contribution in [1.29, 1.82) is 0 Å². The van der Waals surface area contributed by atoms with Crippen LogP contribution in [0.15, 0.2) is 23.6 Å². The third kappa shape index (κ3) is 3.05. The first kappa shape index (κ1) is 12.1. The van der Waals surface area contributed by atoms with Gasteiger partial charge < -0.3 is 10.4 Å². The lowest BCUT2D eigenvalue weighted by Gasteiger charge is -2.07. The second-order valence-corrected chi connectivity index (χ2v) is 5.11. The molecule has 0 saturated carbocycles. The normalized spacial score (nSPS) is 10.7. The number of thiazole rings is 1. The van der Waals surface area contributed by atoms with Crippen LogP contribution in [0.4, 0.5) is 0 Å². The molecule has 0 bridgehead atoms. The number of phenols is 1. The summed E-state index contributed by atoms with van der Waals surface area (Å²) in [5, 5.41) is 16.3. The lowest BCUT2D eigenvalue weighted by Crippen LogP contribution is -2.13. The molecule has 0 atom stereocenters. The average Bonchev–Trinajstić information content (AvgIpc) is 2.70. The number of para-hydroxylation sites is 1. The fourth-order valence-corrected chi connectivity index (χ4v) is 2.29. The van der Waals surface area contributed by atoms with Gasteiger partial charge >= 0.3 is 0 Å². The highest BCUT2D eigenvalue weighted by molar-refractivity contribution is 7.09. The molecule has 0 radical (unpaired) electrons. The summed E-state index contributed by atoms with van der Waals surface area (Å²) < 4.78 is 0. The number of aromatic nitrogens is 1. The van der Waals surface area contributed by atoms with Gasteiger partial charge in [0.2, 0.25) is 0 Å². The van der Waals surface area contributed by atoms with E-state index in [0.717, 1.165) is 28.4 Å². The van der Waals surface area contributed by atoms with Crippen molar-refractivity contribution in [3.05, 3.63) is 45.4 Å². The third-order valence-electron chi connectivity index (χ3n) is 2.61. The number of hydrogen-bond donors (Lipinski definition) is 2. The summed E-state index contributed by atoms with van der Waals surface area (Å²) in [6.45, 7) is 5.30. The van der Waals surface area contributed by atoms with E-state index < -0.39 is 0 Å². The fourth-order valence-electron chi connectivity index (χ4n) is 1.68. The Morgan fingerprint density at radius 2 is 2.12 bits per heavy atom. The molecule has 0 aliphatic rings. The number of hydrogen-bond acceptors (Lipinski definition) is 4. The van der Waals surface area contributed by atoms with Gasteiger partial charge in [-0.3, -0.25) is 0 Å². The molecule has 0 aliphatic heterocycles. The molecule has 2 aromatic rings. The van der Waals surface area contributed by atoms with Crippen LogP contribution in [0.2, 0.25) is 0 Å². The monoisotopic (exact) mass is 248 g/mol. The van der Waals surface area contributed by atoms with Crippen LogP contribution in [-0.2, 0) is 13.1 Å². The van der Waals surface area contributed by atoms with Crippen LogP contribution >= 0.6 is 11.3 Å². The molecule has 0 saturated heterocycles. The zero-order chi connectivity index (χ0) is 12.3. The van der Waals surface area contributed by atoms with Crippen LogP contribution in [0.3, 0.4) is 0 Å². The van der Waals surface area contributed by atoms with Crippen LogP contribution in [0.5, 0.6) is 5.75 Å². The van der Waals surface area contributed by atoms with Crippen molar-refractivity contribution in [3.63, 3.8) is 0 Å². The summed E-state index contributed by atoms with van der Waals surface area (Å²) in [6.07, 6.45) is 0. The first-order valence-corrected chi connectivity index (χ1v) is 6.44. The molecule has 0 fully saturated rings. The lowest BCUT2D eigenvalue weighted by molar-refractivity contribution is 0.460. The van der Waals surface area contributed by atoms with Crippen molar-refractivity contribution in [1.82, 2.24) is 10.3 Å². The van der Waals surface area contributed by atoms with Gasteiger partial charge in [0.05, 0.1) is 10.7 Å². The van der Waals surface area contributed by atoms with Gasteiger partial charge in [0.15, 0.2) is 0 Å². The van der Waals surface area contributed by atoms with E-state index in [1.807, 2.05) is 32.0 Å². The Balaban J connectivity index is 1.92. The van der Waals surface area contributed by atoms with E-state index in [0.29, 0.717) is 12.3 Å². The second-order valence-electron chi connectivity index (χ2n) is 4.04. The SMILES string of the molecule is Cc1nc(CNCc2cccc(C)c2O)cs1. The summed E-state index contributed by atoms with van der Waals surface area (Å²) in [5.74, 6) is 0.384. The van der Waals surface area contributed by atoms with E-state index in [2.05, 4.69) is 15.7 Å². The highest BCUT2D eigenvalue weighted by atomic mass is 32.1. The fraction of sp³-hybridized carbons (Fsp3) is 0.308. The Morgan fingerprint density at radius 3 is 2.82 bits per heavy atom. The minimum atomic E-state index is 0.384. The predicted molar refractivity (Wildman–Crippen MR) is 70.2 cm³/mol. The van der Waals surface area contributed by atoms with Crippen LogP contribution in [0.25, 0.3) is 0 Å². The van der Waals surface area contributed by atoms with Crippen LogP contribution in [0.1, 0.15) is 21.8 Å². The molecule has 17 heavy (non-hydrogen) atoms. The zero-order valence-corrected chi connectivity index (χ0v) is 10.8. The minimum Gasteiger partial charge on any atom is -0.507 e. The highest BCUT2D eigenvalue weighted by Crippen LogP contribution is 2.21. The summed E-state index contributed by atoms with van der Waals surface area (Å²) in [7, 11) is 0. The Hall–Kier alpha value is -1.39. The molecule has 1 aromatic carbocycles.